The number of aryl methyl sites for hydroxylation is 3. The van der Waals surface area contributed by atoms with Gasteiger partial charge in [-0.3, -0.25) is 0 Å². The molecule has 0 saturated heterocycles. The summed E-state index contributed by atoms with van der Waals surface area (Å²) in [7, 11) is 0. The van der Waals surface area contributed by atoms with Crippen molar-refractivity contribution in [2.24, 2.45) is 0 Å². The molecule has 0 saturated carbocycles. The zero-order valence-corrected chi connectivity index (χ0v) is 22.1. The van der Waals surface area contributed by atoms with Crippen LogP contribution in [0, 0.1) is 6.92 Å². The Hall–Kier alpha value is -1.57. The SMILES string of the molecule is CCCCCCCCCCCCCCCCCCn1cc[n+](CCCc2ccccc2)c1C. The van der Waals surface area contributed by atoms with Gasteiger partial charge in [0.2, 0.25) is 0 Å². The van der Waals surface area contributed by atoms with Gasteiger partial charge in [0.25, 0.3) is 5.82 Å². The maximum atomic E-state index is 2.45. The number of nitrogens with zero attached hydrogens (tertiary/aromatic N) is 2. The molecule has 186 valence electrons. The Morgan fingerprint density at radius 3 is 1.70 bits per heavy atom. The highest BCUT2D eigenvalue weighted by Crippen LogP contribution is 2.14. The monoisotopic (exact) mass is 453 g/mol. The van der Waals surface area contributed by atoms with Gasteiger partial charge in [0.1, 0.15) is 12.4 Å². The van der Waals surface area contributed by atoms with E-state index in [1.807, 2.05) is 0 Å². The van der Waals surface area contributed by atoms with E-state index in [0.717, 1.165) is 13.0 Å². The minimum atomic E-state index is 1.12. The minimum Gasteiger partial charge on any atom is -0.234 e. The van der Waals surface area contributed by atoms with Gasteiger partial charge in [0, 0.05) is 6.92 Å². The Bertz CT molecular complexity index is 688. The molecule has 0 fully saturated rings. The first-order chi connectivity index (χ1) is 16.3. The fourth-order valence-corrected chi connectivity index (χ4v) is 4.94. The summed E-state index contributed by atoms with van der Waals surface area (Å²) in [6.45, 7) is 6.87. The number of hydrogen-bond acceptors (Lipinski definition) is 0. The van der Waals surface area contributed by atoms with E-state index < -0.39 is 0 Å². The number of unbranched alkanes of at least 4 members (excludes halogenated alkanes) is 15. The number of imidazole rings is 1. The van der Waals surface area contributed by atoms with Crippen LogP contribution < -0.4 is 4.57 Å². The summed E-state index contributed by atoms with van der Waals surface area (Å²) in [5, 5.41) is 0. The normalized spacial score (nSPS) is 11.3. The fraction of sp³-hybridized carbons (Fsp3) is 0.710. The van der Waals surface area contributed by atoms with E-state index in [2.05, 4.69) is 65.7 Å². The summed E-state index contributed by atoms with van der Waals surface area (Å²) >= 11 is 0. The predicted molar refractivity (Wildman–Crippen MR) is 144 cm³/mol. The van der Waals surface area contributed by atoms with E-state index in [1.165, 1.54) is 127 Å². The van der Waals surface area contributed by atoms with Crippen molar-refractivity contribution in [3.63, 3.8) is 0 Å². The molecule has 0 atom stereocenters. The van der Waals surface area contributed by atoms with Crippen molar-refractivity contribution < 1.29 is 4.57 Å². The van der Waals surface area contributed by atoms with E-state index in [1.54, 1.807) is 0 Å². The fourth-order valence-electron chi connectivity index (χ4n) is 4.94. The Morgan fingerprint density at radius 1 is 0.636 bits per heavy atom. The quantitative estimate of drug-likeness (QED) is 0.132. The summed E-state index contributed by atoms with van der Waals surface area (Å²) in [5.41, 5.74) is 1.45. The topological polar surface area (TPSA) is 8.81 Å². The molecule has 0 radical (unpaired) electrons. The third-order valence-electron chi connectivity index (χ3n) is 7.22. The molecule has 0 bridgehead atoms. The summed E-state index contributed by atoms with van der Waals surface area (Å²) in [6.07, 6.45) is 29.9. The van der Waals surface area contributed by atoms with Crippen LogP contribution in [0.2, 0.25) is 0 Å². The Balaban J connectivity index is 1.39. The summed E-state index contributed by atoms with van der Waals surface area (Å²) in [5.74, 6) is 1.41. The molecular formula is C31H53N2+. The minimum absolute atomic E-state index is 1.12. The van der Waals surface area contributed by atoms with Crippen molar-refractivity contribution in [3.8, 4) is 0 Å². The van der Waals surface area contributed by atoms with Gasteiger partial charge in [0.05, 0.1) is 13.1 Å². The lowest BCUT2D eigenvalue weighted by atomic mass is 10.0. The predicted octanol–water partition coefficient (Wildman–Crippen LogP) is 8.98. The van der Waals surface area contributed by atoms with Crippen molar-refractivity contribution in [2.45, 2.75) is 143 Å². The second-order valence-corrected chi connectivity index (χ2v) is 10.1. The zero-order valence-electron chi connectivity index (χ0n) is 22.1. The van der Waals surface area contributed by atoms with E-state index in [9.17, 15) is 0 Å². The molecule has 33 heavy (non-hydrogen) atoms. The van der Waals surface area contributed by atoms with Gasteiger partial charge < -0.3 is 0 Å². The van der Waals surface area contributed by atoms with Gasteiger partial charge in [-0.25, -0.2) is 9.13 Å². The van der Waals surface area contributed by atoms with Crippen LogP contribution in [0.15, 0.2) is 42.7 Å². The smallest absolute Gasteiger partial charge is 0.234 e. The van der Waals surface area contributed by atoms with Crippen LogP contribution in [0.5, 0.6) is 0 Å². The van der Waals surface area contributed by atoms with Gasteiger partial charge in [-0.15, -0.1) is 0 Å². The molecular weight excluding hydrogens is 400 g/mol. The average Bonchev–Trinajstić information content (AvgIpc) is 3.18. The molecule has 2 nitrogen and oxygen atoms in total. The first kappa shape index (κ1) is 27.7. The molecule has 0 aliphatic rings. The third-order valence-corrected chi connectivity index (χ3v) is 7.22. The second kappa shape index (κ2) is 18.8. The molecule has 0 spiro atoms. The van der Waals surface area contributed by atoms with Crippen LogP contribution in [0.4, 0.5) is 0 Å². The van der Waals surface area contributed by atoms with Gasteiger partial charge in [-0.1, -0.05) is 127 Å². The maximum Gasteiger partial charge on any atom is 0.253 e. The second-order valence-electron chi connectivity index (χ2n) is 10.1. The zero-order chi connectivity index (χ0) is 23.4. The van der Waals surface area contributed by atoms with Gasteiger partial charge in [-0.2, -0.15) is 0 Å². The molecule has 0 unspecified atom stereocenters. The van der Waals surface area contributed by atoms with Crippen molar-refractivity contribution >= 4 is 0 Å². The van der Waals surface area contributed by atoms with Gasteiger partial charge >= 0.3 is 0 Å². The standard InChI is InChI=1S/C31H53N2/c1-3-4-5-6-7-8-9-10-11-12-13-14-15-16-17-21-26-32-28-29-33(30(32)2)27-22-25-31-23-19-18-20-24-31/h18-20,23-24,28-29H,3-17,21-22,25-27H2,1-2H3/q+1. The number of hydrogen-bond donors (Lipinski definition) is 0. The van der Waals surface area contributed by atoms with E-state index in [0.29, 0.717) is 0 Å². The Kier molecular flexibility index (Phi) is 15.8. The summed E-state index contributed by atoms with van der Waals surface area (Å²) in [6, 6.07) is 10.9. The molecule has 2 rings (SSSR count). The van der Waals surface area contributed by atoms with Crippen LogP contribution in [0.3, 0.4) is 0 Å². The molecule has 1 heterocycles. The van der Waals surface area contributed by atoms with Crippen molar-refractivity contribution in [3.05, 3.63) is 54.1 Å². The highest BCUT2D eigenvalue weighted by Gasteiger charge is 2.11. The molecule has 0 aliphatic carbocycles. The molecule has 1 aromatic carbocycles. The van der Waals surface area contributed by atoms with Crippen LogP contribution >= 0.6 is 0 Å². The largest absolute Gasteiger partial charge is 0.253 e. The van der Waals surface area contributed by atoms with Crippen LogP contribution in [0.25, 0.3) is 0 Å². The summed E-state index contributed by atoms with van der Waals surface area (Å²) < 4.78 is 4.88. The van der Waals surface area contributed by atoms with Crippen molar-refractivity contribution in [1.29, 1.82) is 0 Å². The number of benzene rings is 1. The van der Waals surface area contributed by atoms with E-state index in [-0.39, 0.29) is 0 Å². The summed E-state index contributed by atoms with van der Waals surface area (Å²) in [4.78, 5) is 0. The van der Waals surface area contributed by atoms with Crippen molar-refractivity contribution in [1.82, 2.24) is 4.57 Å². The highest BCUT2D eigenvalue weighted by atomic mass is 15.1. The number of aromatic nitrogens is 2. The van der Waals surface area contributed by atoms with Crippen LogP contribution in [-0.2, 0) is 19.5 Å². The van der Waals surface area contributed by atoms with Gasteiger partial charge in [-0.05, 0) is 31.2 Å². The lowest BCUT2D eigenvalue weighted by Gasteiger charge is -2.04. The molecule has 0 N–H and O–H groups in total. The van der Waals surface area contributed by atoms with E-state index in [4.69, 9.17) is 0 Å². The van der Waals surface area contributed by atoms with E-state index >= 15 is 0 Å². The lowest BCUT2D eigenvalue weighted by Crippen LogP contribution is -2.35. The molecule has 0 amide bonds. The molecule has 1 aromatic heterocycles. The van der Waals surface area contributed by atoms with Crippen molar-refractivity contribution in [2.75, 3.05) is 0 Å². The highest BCUT2D eigenvalue weighted by molar-refractivity contribution is 5.14. The molecule has 0 aliphatic heterocycles. The Labute approximate surface area is 205 Å². The first-order valence-corrected chi connectivity index (χ1v) is 14.4. The lowest BCUT2D eigenvalue weighted by molar-refractivity contribution is -0.702. The first-order valence-electron chi connectivity index (χ1n) is 14.4. The van der Waals surface area contributed by atoms with Crippen LogP contribution in [-0.4, -0.2) is 4.57 Å². The number of rotatable bonds is 21. The average molecular weight is 454 g/mol. The molecule has 2 heteroatoms. The molecule has 2 aromatic rings. The third kappa shape index (κ3) is 13.0. The van der Waals surface area contributed by atoms with Gasteiger partial charge in [0.15, 0.2) is 0 Å². The Morgan fingerprint density at radius 2 is 1.15 bits per heavy atom. The van der Waals surface area contributed by atoms with Crippen LogP contribution in [0.1, 0.15) is 127 Å². The maximum absolute atomic E-state index is 2.45.